The van der Waals surface area contributed by atoms with Crippen LogP contribution in [0.2, 0.25) is 0 Å². The van der Waals surface area contributed by atoms with E-state index in [1.54, 1.807) is 41.3 Å². The number of hydrogen-bond acceptors (Lipinski definition) is 4. The molecule has 1 fully saturated rings. The first-order valence-corrected chi connectivity index (χ1v) is 11.0. The summed E-state index contributed by atoms with van der Waals surface area (Å²) in [6.07, 6.45) is 6.58. The molecule has 1 aliphatic carbocycles. The van der Waals surface area contributed by atoms with Gasteiger partial charge in [0.05, 0.1) is 30.2 Å². The Labute approximate surface area is 183 Å². The van der Waals surface area contributed by atoms with E-state index in [0.29, 0.717) is 22.9 Å². The number of hydrogen-bond donors (Lipinski definition) is 0. The molecular weight excluding hydrogens is 390 g/mol. The van der Waals surface area contributed by atoms with Gasteiger partial charge in [0, 0.05) is 23.1 Å². The van der Waals surface area contributed by atoms with E-state index in [4.69, 9.17) is 9.84 Å². The highest BCUT2D eigenvalue weighted by Crippen LogP contribution is 2.39. The standard InChI is InChI=1S/C25H29N3O3/c1-17(2)28-25(30)27(20-11-9-18(16-29)10-12-20)23-15-21(31-3)13-14-22(23)24(26-28)19-7-5-4-6-8-19/h9-17,19H,4-8H2,1-3H3. The van der Waals surface area contributed by atoms with E-state index < -0.39 is 0 Å². The molecular formula is C25H29N3O3. The fourth-order valence-corrected chi connectivity index (χ4v) is 4.42. The van der Waals surface area contributed by atoms with E-state index in [-0.39, 0.29) is 12.1 Å². The number of hydrazone groups is 1. The normalized spacial score (nSPS) is 17.3. The summed E-state index contributed by atoms with van der Waals surface area (Å²) < 4.78 is 5.49. The Morgan fingerprint density at radius 1 is 1.06 bits per heavy atom. The second-order valence-electron chi connectivity index (χ2n) is 8.47. The second kappa shape index (κ2) is 8.92. The Bertz CT molecular complexity index is 992. The molecule has 6 heteroatoms. The van der Waals surface area contributed by atoms with Crippen molar-refractivity contribution in [2.45, 2.75) is 52.0 Å². The van der Waals surface area contributed by atoms with Gasteiger partial charge >= 0.3 is 6.03 Å². The molecule has 2 aliphatic rings. The highest BCUT2D eigenvalue weighted by atomic mass is 16.5. The first kappa shape index (κ1) is 21.1. The monoisotopic (exact) mass is 419 g/mol. The van der Waals surface area contributed by atoms with Crippen LogP contribution in [0.4, 0.5) is 16.2 Å². The highest BCUT2D eigenvalue weighted by Gasteiger charge is 2.35. The van der Waals surface area contributed by atoms with E-state index in [2.05, 4.69) is 0 Å². The number of anilines is 2. The molecule has 0 atom stereocenters. The zero-order valence-electron chi connectivity index (χ0n) is 18.4. The molecule has 2 aromatic rings. The number of urea groups is 1. The number of methoxy groups -OCH3 is 1. The number of nitrogens with zero attached hydrogens (tertiary/aromatic N) is 3. The van der Waals surface area contributed by atoms with E-state index in [1.807, 2.05) is 32.0 Å². The Balaban J connectivity index is 1.92. The molecule has 2 amide bonds. The lowest BCUT2D eigenvalue weighted by molar-refractivity contribution is 0.112. The fourth-order valence-electron chi connectivity index (χ4n) is 4.42. The van der Waals surface area contributed by atoms with Crippen LogP contribution in [-0.4, -0.2) is 36.2 Å². The number of amides is 2. The number of carbonyl (C=O) groups excluding carboxylic acids is 2. The molecule has 1 saturated carbocycles. The van der Waals surface area contributed by atoms with Gasteiger partial charge in [0.15, 0.2) is 0 Å². The van der Waals surface area contributed by atoms with Crippen molar-refractivity contribution in [3.63, 3.8) is 0 Å². The van der Waals surface area contributed by atoms with Gasteiger partial charge in [0.1, 0.15) is 12.0 Å². The molecule has 0 saturated heterocycles. The molecule has 31 heavy (non-hydrogen) atoms. The first-order valence-electron chi connectivity index (χ1n) is 11.0. The number of aldehydes is 1. The van der Waals surface area contributed by atoms with Gasteiger partial charge in [0.25, 0.3) is 0 Å². The van der Waals surface area contributed by atoms with Gasteiger partial charge in [-0.3, -0.25) is 9.69 Å². The van der Waals surface area contributed by atoms with Crippen molar-refractivity contribution in [3.8, 4) is 5.75 Å². The summed E-state index contributed by atoms with van der Waals surface area (Å²) in [5.74, 6) is 1.01. The first-order chi connectivity index (χ1) is 15.0. The third kappa shape index (κ3) is 4.07. The van der Waals surface area contributed by atoms with Crippen LogP contribution >= 0.6 is 0 Å². The van der Waals surface area contributed by atoms with Gasteiger partial charge in [-0.15, -0.1) is 0 Å². The number of fused-ring (bicyclic) bond motifs is 1. The number of ether oxygens (including phenoxy) is 1. The minimum Gasteiger partial charge on any atom is -0.497 e. The topological polar surface area (TPSA) is 62.2 Å². The van der Waals surface area contributed by atoms with Crippen LogP contribution in [0.25, 0.3) is 0 Å². The van der Waals surface area contributed by atoms with Crippen LogP contribution < -0.4 is 9.64 Å². The van der Waals surface area contributed by atoms with Gasteiger partial charge < -0.3 is 4.74 Å². The Morgan fingerprint density at radius 3 is 2.39 bits per heavy atom. The summed E-state index contributed by atoms with van der Waals surface area (Å²) in [5, 5.41) is 6.54. The van der Waals surface area contributed by atoms with E-state index >= 15 is 0 Å². The maximum Gasteiger partial charge on any atom is 0.349 e. The van der Waals surface area contributed by atoms with Gasteiger partial charge in [-0.1, -0.05) is 19.3 Å². The molecule has 4 rings (SSSR count). The maximum absolute atomic E-state index is 13.8. The average Bonchev–Trinajstić information content (AvgIpc) is 2.93. The quantitative estimate of drug-likeness (QED) is 0.578. The predicted molar refractivity (Wildman–Crippen MR) is 122 cm³/mol. The van der Waals surface area contributed by atoms with Crippen molar-refractivity contribution in [1.82, 2.24) is 5.01 Å². The third-order valence-electron chi connectivity index (χ3n) is 6.09. The van der Waals surface area contributed by atoms with E-state index in [1.165, 1.54) is 19.3 Å². The lowest BCUT2D eigenvalue weighted by Gasteiger charge is -2.28. The van der Waals surface area contributed by atoms with Gasteiger partial charge in [0.2, 0.25) is 0 Å². The van der Waals surface area contributed by atoms with Crippen LogP contribution in [0.15, 0.2) is 47.6 Å². The number of benzene rings is 2. The number of carbonyl (C=O) groups is 2. The minimum atomic E-state index is -0.214. The van der Waals surface area contributed by atoms with Gasteiger partial charge in [-0.05, 0) is 63.1 Å². The minimum absolute atomic E-state index is 0.0981. The molecule has 2 aromatic carbocycles. The van der Waals surface area contributed by atoms with Crippen molar-refractivity contribution in [2.24, 2.45) is 11.0 Å². The SMILES string of the molecule is COc1ccc2c(c1)N(c1ccc(C=O)cc1)C(=O)N(C(C)C)N=C2C1CCCCC1. The highest BCUT2D eigenvalue weighted by molar-refractivity contribution is 6.14. The van der Waals surface area contributed by atoms with Crippen LogP contribution in [0.3, 0.4) is 0 Å². The zero-order valence-corrected chi connectivity index (χ0v) is 18.4. The molecule has 0 aromatic heterocycles. The summed E-state index contributed by atoms with van der Waals surface area (Å²) in [4.78, 5) is 26.6. The van der Waals surface area contributed by atoms with Gasteiger partial charge in [-0.25, -0.2) is 9.80 Å². The van der Waals surface area contributed by atoms with E-state index in [0.717, 1.165) is 36.1 Å². The molecule has 0 unspecified atom stereocenters. The van der Waals surface area contributed by atoms with Crippen molar-refractivity contribution >= 4 is 29.4 Å². The molecule has 0 N–H and O–H groups in total. The summed E-state index contributed by atoms with van der Waals surface area (Å²) in [7, 11) is 1.63. The van der Waals surface area contributed by atoms with Crippen LogP contribution in [-0.2, 0) is 0 Å². The van der Waals surface area contributed by atoms with Crippen molar-refractivity contribution < 1.29 is 14.3 Å². The lowest BCUT2D eigenvalue weighted by atomic mass is 9.83. The van der Waals surface area contributed by atoms with Crippen LogP contribution in [0, 0.1) is 5.92 Å². The summed E-state index contributed by atoms with van der Waals surface area (Å²) in [6, 6.07) is 12.6. The molecule has 1 heterocycles. The largest absolute Gasteiger partial charge is 0.497 e. The Hall–Kier alpha value is -3.15. The number of rotatable bonds is 5. The van der Waals surface area contributed by atoms with Crippen LogP contribution in [0.1, 0.15) is 61.9 Å². The van der Waals surface area contributed by atoms with E-state index in [9.17, 15) is 9.59 Å². The maximum atomic E-state index is 13.8. The van der Waals surface area contributed by atoms with Crippen LogP contribution in [0.5, 0.6) is 5.75 Å². The van der Waals surface area contributed by atoms with Crippen molar-refractivity contribution in [1.29, 1.82) is 0 Å². The summed E-state index contributed by atoms with van der Waals surface area (Å²) in [5.41, 5.74) is 3.96. The molecule has 0 spiro atoms. The lowest BCUT2D eigenvalue weighted by Crippen LogP contribution is -2.41. The smallest absolute Gasteiger partial charge is 0.349 e. The Morgan fingerprint density at radius 2 is 1.77 bits per heavy atom. The molecule has 0 radical (unpaired) electrons. The Kier molecular flexibility index (Phi) is 6.07. The average molecular weight is 420 g/mol. The van der Waals surface area contributed by atoms with Gasteiger partial charge in [-0.2, -0.15) is 5.10 Å². The molecule has 162 valence electrons. The molecule has 1 aliphatic heterocycles. The summed E-state index contributed by atoms with van der Waals surface area (Å²) >= 11 is 0. The summed E-state index contributed by atoms with van der Waals surface area (Å²) in [6.45, 7) is 3.95. The van der Waals surface area contributed by atoms with Crippen molar-refractivity contribution in [2.75, 3.05) is 12.0 Å². The third-order valence-corrected chi connectivity index (χ3v) is 6.09. The predicted octanol–water partition coefficient (Wildman–Crippen LogP) is 5.77. The zero-order chi connectivity index (χ0) is 22.0. The second-order valence-corrected chi connectivity index (χ2v) is 8.47. The molecule has 0 bridgehead atoms. The van der Waals surface area contributed by atoms with Crippen molar-refractivity contribution in [3.05, 3.63) is 53.6 Å². The molecule has 6 nitrogen and oxygen atoms in total. The fraction of sp³-hybridized carbons (Fsp3) is 0.400.